The number of pyridine rings is 1. The van der Waals surface area contributed by atoms with E-state index in [9.17, 15) is 4.79 Å². The van der Waals surface area contributed by atoms with Gasteiger partial charge in [0.25, 0.3) is 5.91 Å². The average Bonchev–Trinajstić information content (AvgIpc) is 3.43. The summed E-state index contributed by atoms with van der Waals surface area (Å²) < 4.78 is 3.64. The van der Waals surface area contributed by atoms with Gasteiger partial charge in [-0.15, -0.1) is 12.4 Å². The molecule has 2 aliphatic rings. The highest BCUT2D eigenvalue weighted by atomic mass is 35.5. The summed E-state index contributed by atoms with van der Waals surface area (Å²) in [5.74, 6) is 0.605. The van der Waals surface area contributed by atoms with Gasteiger partial charge >= 0.3 is 0 Å². The highest BCUT2D eigenvalue weighted by Crippen LogP contribution is 2.40. The van der Waals surface area contributed by atoms with Crippen LogP contribution in [0.15, 0.2) is 18.5 Å². The molecule has 0 spiro atoms. The van der Waals surface area contributed by atoms with Crippen LogP contribution in [0.25, 0.3) is 11.0 Å². The van der Waals surface area contributed by atoms with E-state index in [2.05, 4.69) is 21.3 Å². The van der Waals surface area contributed by atoms with Gasteiger partial charge in [0, 0.05) is 70.2 Å². The van der Waals surface area contributed by atoms with E-state index in [4.69, 9.17) is 4.98 Å². The molecule has 0 radical (unpaired) electrons. The van der Waals surface area contributed by atoms with Crippen LogP contribution in [0.3, 0.4) is 0 Å². The number of carbonyl (C=O) groups excluding carboxylic acids is 1. The first-order chi connectivity index (χ1) is 14.0. The molecule has 0 bridgehead atoms. The summed E-state index contributed by atoms with van der Waals surface area (Å²) in [5.41, 5.74) is 4.71. The van der Waals surface area contributed by atoms with Crippen molar-refractivity contribution in [1.29, 1.82) is 0 Å². The highest BCUT2D eigenvalue weighted by Gasteiger charge is 2.30. The molecule has 1 saturated carbocycles. The lowest BCUT2D eigenvalue weighted by atomic mass is 10.1. The van der Waals surface area contributed by atoms with Crippen molar-refractivity contribution in [3.63, 3.8) is 0 Å². The topological polar surface area (TPSA) is 72.1 Å². The summed E-state index contributed by atoms with van der Waals surface area (Å²) in [6.45, 7) is 6.06. The van der Waals surface area contributed by atoms with Gasteiger partial charge in [0.05, 0.1) is 22.8 Å². The van der Waals surface area contributed by atoms with Crippen LogP contribution in [0.2, 0.25) is 0 Å². The minimum atomic E-state index is 0. The molecule has 4 heterocycles. The first-order valence-electron chi connectivity index (χ1n) is 10.3. The van der Waals surface area contributed by atoms with Gasteiger partial charge in [-0.3, -0.25) is 19.1 Å². The van der Waals surface area contributed by atoms with Crippen molar-refractivity contribution in [2.75, 3.05) is 26.2 Å². The van der Waals surface area contributed by atoms with Gasteiger partial charge in [-0.2, -0.15) is 10.2 Å². The fourth-order valence-electron chi connectivity index (χ4n) is 4.31. The van der Waals surface area contributed by atoms with Crippen LogP contribution in [-0.4, -0.2) is 66.4 Å². The van der Waals surface area contributed by atoms with Gasteiger partial charge in [0.15, 0.2) is 5.65 Å². The second-order valence-corrected chi connectivity index (χ2v) is 8.37. The lowest BCUT2D eigenvalue weighted by molar-refractivity contribution is 0.0630. The van der Waals surface area contributed by atoms with Crippen molar-refractivity contribution in [3.05, 3.63) is 41.0 Å². The van der Waals surface area contributed by atoms with Crippen molar-refractivity contribution in [1.82, 2.24) is 34.3 Å². The van der Waals surface area contributed by atoms with E-state index in [1.54, 1.807) is 4.68 Å². The van der Waals surface area contributed by atoms with Crippen LogP contribution in [0.4, 0.5) is 0 Å². The van der Waals surface area contributed by atoms with Gasteiger partial charge in [0.1, 0.15) is 0 Å². The first kappa shape index (κ1) is 20.8. The van der Waals surface area contributed by atoms with Crippen LogP contribution >= 0.6 is 12.4 Å². The molecule has 8 nitrogen and oxygen atoms in total. The smallest absolute Gasteiger partial charge is 0.254 e. The third-order valence-corrected chi connectivity index (χ3v) is 6.04. The summed E-state index contributed by atoms with van der Waals surface area (Å²) in [6.07, 6.45) is 6.29. The molecule has 1 amide bonds. The normalized spacial score (nSPS) is 17.4. The third-order valence-electron chi connectivity index (χ3n) is 6.04. The minimum Gasteiger partial charge on any atom is -0.336 e. The molecule has 160 valence electrons. The summed E-state index contributed by atoms with van der Waals surface area (Å²) in [5, 5.41) is 9.67. The Labute approximate surface area is 182 Å². The fraction of sp³-hybridized carbons (Fsp3) is 0.524. The van der Waals surface area contributed by atoms with Crippen molar-refractivity contribution in [2.24, 2.45) is 14.1 Å². The number of aromatic nitrogens is 5. The Balaban J connectivity index is 0.00000218. The minimum absolute atomic E-state index is 0. The number of aryl methyl sites for hydroxylation is 3. The van der Waals surface area contributed by atoms with E-state index in [0.717, 1.165) is 73.6 Å². The molecular weight excluding hydrogens is 402 g/mol. The molecule has 1 aliphatic carbocycles. The van der Waals surface area contributed by atoms with Crippen molar-refractivity contribution in [3.8, 4) is 0 Å². The second kappa shape index (κ2) is 8.00. The molecule has 0 aromatic carbocycles. The quantitative estimate of drug-likeness (QED) is 0.636. The van der Waals surface area contributed by atoms with E-state index < -0.39 is 0 Å². The van der Waals surface area contributed by atoms with Gasteiger partial charge in [-0.25, -0.2) is 4.98 Å². The van der Waals surface area contributed by atoms with Gasteiger partial charge < -0.3 is 4.90 Å². The Hall–Kier alpha value is -2.45. The maximum absolute atomic E-state index is 13.5. The zero-order valence-corrected chi connectivity index (χ0v) is 18.5. The molecule has 1 aliphatic heterocycles. The number of piperazine rings is 1. The lowest BCUT2D eigenvalue weighted by Gasteiger charge is -2.34. The molecule has 1 saturated heterocycles. The van der Waals surface area contributed by atoms with Crippen molar-refractivity contribution >= 4 is 29.3 Å². The van der Waals surface area contributed by atoms with E-state index >= 15 is 0 Å². The van der Waals surface area contributed by atoms with Crippen LogP contribution < -0.4 is 0 Å². The highest BCUT2D eigenvalue weighted by molar-refractivity contribution is 6.06. The Morgan fingerprint density at radius 3 is 2.53 bits per heavy atom. The van der Waals surface area contributed by atoms with E-state index in [1.165, 1.54) is 5.56 Å². The Morgan fingerprint density at radius 1 is 1.17 bits per heavy atom. The van der Waals surface area contributed by atoms with E-state index in [1.807, 2.05) is 42.9 Å². The number of nitrogens with zero attached hydrogens (tertiary/aromatic N) is 7. The Morgan fingerprint density at radius 2 is 1.90 bits per heavy atom. The molecule has 0 N–H and O–H groups in total. The lowest BCUT2D eigenvalue weighted by Crippen LogP contribution is -2.48. The number of hydrogen-bond acceptors (Lipinski definition) is 5. The first-order valence-corrected chi connectivity index (χ1v) is 10.3. The molecule has 9 heteroatoms. The molecular formula is C21H28ClN7O. The van der Waals surface area contributed by atoms with Crippen LogP contribution in [0.1, 0.15) is 46.1 Å². The predicted molar refractivity (Wildman–Crippen MR) is 117 cm³/mol. The Kier molecular flexibility index (Phi) is 5.55. The average molecular weight is 430 g/mol. The number of amides is 1. The number of rotatable bonds is 4. The van der Waals surface area contributed by atoms with Crippen molar-refractivity contribution in [2.45, 2.75) is 32.2 Å². The van der Waals surface area contributed by atoms with Gasteiger partial charge in [-0.1, -0.05) is 0 Å². The molecule has 2 fully saturated rings. The second-order valence-electron chi connectivity index (χ2n) is 8.37. The zero-order valence-electron chi connectivity index (χ0n) is 17.7. The van der Waals surface area contributed by atoms with Gasteiger partial charge in [0.2, 0.25) is 0 Å². The summed E-state index contributed by atoms with van der Waals surface area (Å²) >= 11 is 0. The summed E-state index contributed by atoms with van der Waals surface area (Å²) in [4.78, 5) is 22.7. The SMILES string of the molecule is Cc1nn(C)c2nc(C3CC3)cc(C(=O)N3CCN(Cc4cnn(C)c4)CC3)c12.Cl. The zero-order chi connectivity index (χ0) is 20.1. The van der Waals surface area contributed by atoms with Crippen LogP contribution in [-0.2, 0) is 20.6 Å². The predicted octanol–water partition coefficient (Wildman–Crippen LogP) is 2.27. The number of carbonyl (C=O) groups is 1. The number of hydrogen-bond donors (Lipinski definition) is 0. The third kappa shape index (κ3) is 3.81. The number of fused-ring (bicyclic) bond motifs is 1. The summed E-state index contributed by atoms with van der Waals surface area (Å²) in [7, 11) is 3.84. The number of halogens is 1. The van der Waals surface area contributed by atoms with Crippen LogP contribution in [0, 0.1) is 6.92 Å². The van der Waals surface area contributed by atoms with Crippen molar-refractivity contribution < 1.29 is 4.79 Å². The van der Waals surface area contributed by atoms with E-state index in [0.29, 0.717) is 5.92 Å². The monoisotopic (exact) mass is 429 g/mol. The Bertz CT molecular complexity index is 1080. The van der Waals surface area contributed by atoms with Gasteiger partial charge in [-0.05, 0) is 25.8 Å². The standard InChI is InChI=1S/C21H27N7O.ClH/c1-14-19-17(10-18(16-4-5-16)23-20(19)26(3)24-14)21(29)28-8-6-27(7-9-28)13-15-11-22-25(2)12-15;/h10-12,16H,4-9,13H2,1-3H3;1H. The molecule has 30 heavy (non-hydrogen) atoms. The molecule has 0 atom stereocenters. The molecule has 3 aromatic heterocycles. The molecule has 0 unspecified atom stereocenters. The van der Waals surface area contributed by atoms with Crippen LogP contribution in [0.5, 0.6) is 0 Å². The largest absolute Gasteiger partial charge is 0.336 e. The molecule has 3 aromatic rings. The van der Waals surface area contributed by atoms with E-state index in [-0.39, 0.29) is 18.3 Å². The molecule has 5 rings (SSSR count). The maximum Gasteiger partial charge on any atom is 0.254 e. The maximum atomic E-state index is 13.5. The summed E-state index contributed by atoms with van der Waals surface area (Å²) in [6, 6.07) is 2.03. The fourth-order valence-corrected chi connectivity index (χ4v) is 4.31.